The van der Waals surface area contributed by atoms with Crippen LogP contribution in [0.2, 0.25) is 0 Å². The van der Waals surface area contributed by atoms with Gasteiger partial charge < -0.3 is 14.8 Å². The summed E-state index contributed by atoms with van der Waals surface area (Å²) in [5.74, 6) is 1.65. The van der Waals surface area contributed by atoms with E-state index in [1.165, 1.54) is 37.8 Å². The number of hydrogen-bond donors (Lipinski definition) is 1. The first kappa shape index (κ1) is 12.2. The van der Waals surface area contributed by atoms with Crippen LogP contribution in [-0.2, 0) is 0 Å². The molecule has 1 aliphatic rings. The molecule has 1 aromatic carbocycles. The van der Waals surface area contributed by atoms with Crippen LogP contribution in [0.3, 0.4) is 0 Å². The zero-order valence-electron chi connectivity index (χ0n) is 10.7. The van der Waals surface area contributed by atoms with E-state index in [0.29, 0.717) is 6.04 Å². The van der Waals surface area contributed by atoms with E-state index in [2.05, 4.69) is 17.4 Å². The maximum absolute atomic E-state index is 5.36. The Balaban J connectivity index is 2.19. The molecule has 2 rings (SSSR count). The molecule has 1 aliphatic heterocycles. The summed E-state index contributed by atoms with van der Waals surface area (Å²) in [5, 5.41) is 2.45. The SMILES string of the molecule is COc1ccc([C@H]2CCCCC[NH2+]2)cc1OC. The van der Waals surface area contributed by atoms with Crippen LogP contribution < -0.4 is 14.8 Å². The fourth-order valence-electron chi connectivity index (χ4n) is 2.51. The van der Waals surface area contributed by atoms with Crippen molar-refractivity contribution in [2.75, 3.05) is 20.8 Å². The van der Waals surface area contributed by atoms with Crippen molar-refractivity contribution in [1.82, 2.24) is 0 Å². The van der Waals surface area contributed by atoms with Crippen LogP contribution in [-0.4, -0.2) is 20.8 Å². The number of benzene rings is 1. The lowest BCUT2D eigenvalue weighted by Gasteiger charge is -2.15. The fourth-order valence-corrected chi connectivity index (χ4v) is 2.51. The number of quaternary nitrogens is 1. The summed E-state index contributed by atoms with van der Waals surface area (Å²) >= 11 is 0. The van der Waals surface area contributed by atoms with Crippen molar-refractivity contribution in [2.24, 2.45) is 0 Å². The van der Waals surface area contributed by atoms with Gasteiger partial charge in [-0.15, -0.1) is 0 Å². The Morgan fingerprint density at radius 3 is 2.65 bits per heavy atom. The van der Waals surface area contributed by atoms with Gasteiger partial charge in [-0.2, -0.15) is 0 Å². The molecule has 0 spiro atoms. The van der Waals surface area contributed by atoms with Crippen LogP contribution in [0.4, 0.5) is 0 Å². The van der Waals surface area contributed by atoms with Gasteiger partial charge in [0.05, 0.1) is 20.8 Å². The number of nitrogens with two attached hydrogens (primary N) is 1. The lowest BCUT2D eigenvalue weighted by molar-refractivity contribution is -0.694. The van der Waals surface area contributed by atoms with Gasteiger partial charge in [0.15, 0.2) is 11.5 Å². The monoisotopic (exact) mass is 236 g/mol. The molecular weight excluding hydrogens is 214 g/mol. The topological polar surface area (TPSA) is 35.1 Å². The van der Waals surface area contributed by atoms with E-state index in [1.807, 2.05) is 6.07 Å². The van der Waals surface area contributed by atoms with Crippen LogP contribution >= 0.6 is 0 Å². The summed E-state index contributed by atoms with van der Waals surface area (Å²) in [6.45, 7) is 1.24. The first-order valence-electron chi connectivity index (χ1n) is 6.40. The molecule has 0 aliphatic carbocycles. The highest BCUT2D eigenvalue weighted by Crippen LogP contribution is 2.30. The molecule has 17 heavy (non-hydrogen) atoms. The van der Waals surface area contributed by atoms with Crippen molar-refractivity contribution in [1.29, 1.82) is 0 Å². The Morgan fingerprint density at radius 1 is 1.06 bits per heavy atom. The van der Waals surface area contributed by atoms with Crippen LogP contribution in [0.25, 0.3) is 0 Å². The zero-order valence-corrected chi connectivity index (χ0v) is 10.7. The van der Waals surface area contributed by atoms with E-state index in [4.69, 9.17) is 9.47 Å². The Bertz CT molecular complexity index is 357. The van der Waals surface area contributed by atoms with Gasteiger partial charge in [0.2, 0.25) is 0 Å². The average molecular weight is 236 g/mol. The number of rotatable bonds is 3. The van der Waals surface area contributed by atoms with Gasteiger partial charge in [-0.25, -0.2) is 0 Å². The Labute approximate surface area is 103 Å². The van der Waals surface area contributed by atoms with Crippen molar-refractivity contribution >= 4 is 0 Å². The normalized spacial score (nSPS) is 20.7. The van der Waals surface area contributed by atoms with Gasteiger partial charge in [-0.3, -0.25) is 0 Å². The standard InChI is InChI=1S/C14H21NO2/c1-16-13-8-7-11(10-14(13)17-2)12-6-4-3-5-9-15-12/h7-8,10,12,15H,3-6,9H2,1-2H3/p+1/t12-/m1/s1. The molecule has 0 aromatic heterocycles. The summed E-state index contributed by atoms with van der Waals surface area (Å²) in [6.07, 6.45) is 5.29. The van der Waals surface area contributed by atoms with Crippen LogP contribution in [0.1, 0.15) is 37.3 Å². The Kier molecular flexibility index (Phi) is 4.26. The van der Waals surface area contributed by atoms with Gasteiger partial charge in [0.25, 0.3) is 0 Å². The van der Waals surface area contributed by atoms with E-state index in [0.717, 1.165) is 11.5 Å². The number of methoxy groups -OCH3 is 2. The zero-order chi connectivity index (χ0) is 12.1. The van der Waals surface area contributed by atoms with Crippen molar-refractivity contribution in [3.63, 3.8) is 0 Å². The van der Waals surface area contributed by atoms with Gasteiger partial charge in [0, 0.05) is 12.0 Å². The second-order valence-corrected chi connectivity index (χ2v) is 4.59. The van der Waals surface area contributed by atoms with Crippen LogP contribution in [0, 0.1) is 0 Å². The van der Waals surface area contributed by atoms with E-state index in [-0.39, 0.29) is 0 Å². The van der Waals surface area contributed by atoms with Gasteiger partial charge >= 0.3 is 0 Å². The molecular formula is C14H22NO2+. The summed E-state index contributed by atoms with van der Waals surface area (Å²) in [5.41, 5.74) is 1.35. The molecule has 0 saturated carbocycles. The van der Waals surface area contributed by atoms with Gasteiger partial charge in [0.1, 0.15) is 6.04 Å². The van der Waals surface area contributed by atoms with Crippen LogP contribution in [0.15, 0.2) is 18.2 Å². The summed E-state index contributed by atoms with van der Waals surface area (Å²) in [6, 6.07) is 6.86. The predicted molar refractivity (Wildman–Crippen MR) is 67.5 cm³/mol. The fraction of sp³-hybridized carbons (Fsp3) is 0.571. The van der Waals surface area contributed by atoms with E-state index in [9.17, 15) is 0 Å². The second kappa shape index (κ2) is 5.92. The van der Waals surface area contributed by atoms with Crippen molar-refractivity contribution in [3.8, 4) is 11.5 Å². The Morgan fingerprint density at radius 2 is 1.88 bits per heavy atom. The summed E-state index contributed by atoms with van der Waals surface area (Å²) in [7, 11) is 3.37. The van der Waals surface area contributed by atoms with Crippen molar-refractivity contribution in [3.05, 3.63) is 23.8 Å². The molecule has 94 valence electrons. The average Bonchev–Trinajstić information content (AvgIpc) is 2.66. The van der Waals surface area contributed by atoms with Gasteiger partial charge in [-0.1, -0.05) is 0 Å². The van der Waals surface area contributed by atoms with Gasteiger partial charge in [-0.05, 0) is 37.5 Å². The molecule has 0 radical (unpaired) electrons. The minimum Gasteiger partial charge on any atom is -0.493 e. The maximum atomic E-state index is 5.36. The molecule has 0 amide bonds. The molecule has 0 bridgehead atoms. The smallest absolute Gasteiger partial charge is 0.161 e. The van der Waals surface area contributed by atoms with E-state index >= 15 is 0 Å². The number of ether oxygens (including phenoxy) is 2. The predicted octanol–water partition coefficient (Wildman–Crippen LogP) is 1.88. The second-order valence-electron chi connectivity index (χ2n) is 4.59. The minimum absolute atomic E-state index is 0.581. The summed E-state index contributed by atoms with van der Waals surface area (Å²) in [4.78, 5) is 0. The first-order chi connectivity index (χ1) is 8.35. The minimum atomic E-state index is 0.581. The lowest BCUT2D eigenvalue weighted by Crippen LogP contribution is -2.84. The molecule has 1 heterocycles. The van der Waals surface area contributed by atoms with Crippen LogP contribution in [0.5, 0.6) is 11.5 Å². The first-order valence-corrected chi connectivity index (χ1v) is 6.40. The highest BCUT2D eigenvalue weighted by molar-refractivity contribution is 5.43. The van der Waals surface area contributed by atoms with E-state index < -0.39 is 0 Å². The van der Waals surface area contributed by atoms with Crippen molar-refractivity contribution < 1.29 is 14.8 Å². The molecule has 3 nitrogen and oxygen atoms in total. The lowest BCUT2D eigenvalue weighted by atomic mass is 10.0. The number of hydrogen-bond acceptors (Lipinski definition) is 2. The third-order valence-electron chi connectivity index (χ3n) is 3.51. The molecule has 0 unspecified atom stereocenters. The maximum Gasteiger partial charge on any atom is 0.161 e. The van der Waals surface area contributed by atoms with E-state index in [1.54, 1.807) is 14.2 Å². The highest BCUT2D eigenvalue weighted by Gasteiger charge is 2.18. The molecule has 2 N–H and O–H groups in total. The quantitative estimate of drug-likeness (QED) is 0.869. The third kappa shape index (κ3) is 2.91. The molecule has 1 atom stereocenters. The molecule has 1 fully saturated rings. The largest absolute Gasteiger partial charge is 0.493 e. The molecule has 1 aromatic rings. The molecule has 3 heteroatoms. The third-order valence-corrected chi connectivity index (χ3v) is 3.51. The van der Waals surface area contributed by atoms with Crippen molar-refractivity contribution in [2.45, 2.75) is 31.7 Å². The summed E-state index contributed by atoms with van der Waals surface area (Å²) < 4.78 is 10.6. The molecule has 1 saturated heterocycles. The highest BCUT2D eigenvalue weighted by atomic mass is 16.5. The Hall–Kier alpha value is -1.22.